The molecular weight excluding hydrogens is 309 g/mol. The van der Waals surface area contributed by atoms with Crippen LogP contribution in [-0.4, -0.2) is 25.5 Å². The van der Waals surface area contributed by atoms with Gasteiger partial charge in [-0.3, -0.25) is 4.79 Å². The van der Waals surface area contributed by atoms with Gasteiger partial charge in [0.2, 0.25) is 5.91 Å². The van der Waals surface area contributed by atoms with Crippen LogP contribution in [0.1, 0.15) is 28.3 Å². The van der Waals surface area contributed by atoms with Crippen LogP contribution in [0.15, 0.2) is 24.3 Å². The van der Waals surface area contributed by atoms with E-state index in [9.17, 15) is 9.18 Å². The molecule has 0 unspecified atom stereocenters. The van der Waals surface area contributed by atoms with Gasteiger partial charge in [-0.25, -0.2) is 13.9 Å². The third-order valence-corrected chi connectivity index (χ3v) is 3.69. The zero-order valence-corrected chi connectivity index (χ0v) is 13.8. The minimum Gasteiger partial charge on any atom is -0.352 e. The monoisotopic (exact) mass is 327 g/mol. The van der Waals surface area contributed by atoms with Gasteiger partial charge < -0.3 is 5.32 Å². The summed E-state index contributed by atoms with van der Waals surface area (Å²) in [4.78, 5) is 20.7. The lowest BCUT2D eigenvalue weighted by Gasteiger charge is -2.05. The Hall–Kier alpha value is -2.83. The molecule has 0 fully saturated rings. The first-order chi connectivity index (χ1) is 11.4. The van der Waals surface area contributed by atoms with Gasteiger partial charge in [0, 0.05) is 17.9 Å². The minimum atomic E-state index is -0.253. The highest BCUT2D eigenvalue weighted by Gasteiger charge is 2.11. The number of fused-ring (bicyclic) bond motifs is 1. The lowest BCUT2D eigenvalue weighted by Crippen LogP contribution is -2.25. The van der Waals surface area contributed by atoms with Gasteiger partial charge in [0.1, 0.15) is 5.82 Å². The second-order valence-corrected chi connectivity index (χ2v) is 5.82. The summed E-state index contributed by atoms with van der Waals surface area (Å²) in [6, 6.07) is 6.68. The molecule has 0 radical (unpaired) electrons. The predicted octanol–water partition coefficient (Wildman–Crippen LogP) is 2.05. The standard InChI is InChI=1S/C17H18FN5O/c1-10-6-13(4-5-14(10)18)9-19-16(24)8-15-21-17-20-11(2)7-12(3)23(17)22-15/h4-7H,8-9H2,1-3H3,(H,19,24). The van der Waals surface area contributed by atoms with Gasteiger partial charge in [-0.15, -0.1) is 5.10 Å². The molecule has 6 nitrogen and oxygen atoms in total. The van der Waals surface area contributed by atoms with Gasteiger partial charge in [-0.05, 0) is 44.0 Å². The normalized spacial score (nSPS) is 11.0. The van der Waals surface area contributed by atoms with Gasteiger partial charge in [-0.1, -0.05) is 12.1 Å². The maximum absolute atomic E-state index is 13.2. The summed E-state index contributed by atoms with van der Waals surface area (Å²) in [5, 5.41) is 7.10. The Morgan fingerprint density at radius 1 is 1.21 bits per heavy atom. The largest absolute Gasteiger partial charge is 0.352 e. The fourth-order valence-corrected chi connectivity index (χ4v) is 2.51. The lowest BCUT2D eigenvalue weighted by molar-refractivity contribution is -0.120. The minimum absolute atomic E-state index is 0.0715. The van der Waals surface area contributed by atoms with E-state index in [1.807, 2.05) is 19.9 Å². The summed E-state index contributed by atoms with van der Waals surface area (Å²) in [7, 11) is 0. The summed E-state index contributed by atoms with van der Waals surface area (Å²) in [5.74, 6) is 0.466. The molecule has 0 atom stereocenters. The summed E-state index contributed by atoms with van der Waals surface area (Å²) in [5.41, 5.74) is 3.17. The molecule has 0 saturated heterocycles. The van der Waals surface area contributed by atoms with E-state index < -0.39 is 0 Å². The first-order valence-corrected chi connectivity index (χ1v) is 7.64. The Labute approximate surface area is 138 Å². The fourth-order valence-electron chi connectivity index (χ4n) is 2.51. The van der Waals surface area contributed by atoms with Crippen molar-refractivity contribution < 1.29 is 9.18 Å². The molecule has 0 saturated carbocycles. The van der Waals surface area contributed by atoms with Crippen molar-refractivity contribution in [2.45, 2.75) is 33.7 Å². The fraction of sp³-hybridized carbons (Fsp3) is 0.294. The molecule has 24 heavy (non-hydrogen) atoms. The number of benzene rings is 1. The maximum Gasteiger partial charge on any atom is 0.252 e. The van der Waals surface area contributed by atoms with Crippen LogP contribution in [0.4, 0.5) is 4.39 Å². The van der Waals surface area contributed by atoms with E-state index in [1.54, 1.807) is 23.6 Å². The van der Waals surface area contributed by atoms with Crippen LogP contribution in [0.3, 0.4) is 0 Å². The van der Waals surface area contributed by atoms with Crippen LogP contribution in [0.5, 0.6) is 0 Å². The number of halogens is 1. The lowest BCUT2D eigenvalue weighted by atomic mass is 10.1. The third-order valence-electron chi connectivity index (χ3n) is 3.69. The van der Waals surface area contributed by atoms with E-state index in [2.05, 4.69) is 20.4 Å². The van der Waals surface area contributed by atoms with Gasteiger partial charge in [-0.2, -0.15) is 4.98 Å². The van der Waals surface area contributed by atoms with Crippen LogP contribution >= 0.6 is 0 Å². The number of rotatable bonds is 4. The summed E-state index contributed by atoms with van der Waals surface area (Å²) >= 11 is 0. The van der Waals surface area contributed by atoms with Crippen LogP contribution in [-0.2, 0) is 17.8 Å². The van der Waals surface area contributed by atoms with Crippen molar-refractivity contribution in [2.24, 2.45) is 0 Å². The van der Waals surface area contributed by atoms with Crippen molar-refractivity contribution in [3.63, 3.8) is 0 Å². The number of aromatic nitrogens is 4. The van der Waals surface area contributed by atoms with Crippen LogP contribution in [0.25, 0.3) is 5.78 Å². The number of nitrogens with one attached hydrogen (secondary N) is 1. The molecule has 1 N–H and O–H groups in total. The van der Waals surface area contributed by atoms with E-state index >= 15 is 0 Å². The highest BCUT2D eigenvalue weighted by molar-refractivity contribution is 5.77. The molecule has 2 aromatic heterocycles. The number of hydrogen-bond acceptors (Lipinski definition) is 4. The number of aryl methyl sites for hydroxylation is 3. The van der Waals surface area contributed by atoms with Crippen molar-refractivity contribution in [1.82, 2.24) is 24.9 Å². The molecule has 124 valence electrons. The topological polar surface area (TPSA) is 72.2 Å². The molecule has 3 rings (SSSR count). The molecule has 0 spiro atoms. The number of carbonyl (C=O) groups is 1. The number of carbonyl (C=O) groups excluding carboxylic acids is 1. The van der Waals surface area contributed by atoms with Crippen molar-refractivity contribution >= 4 is 11.7 Å². The summed E-state index contributed by atoms with van der Waals surface area (Å²) in [6.07, 6.45) is 0.0715. The van der Waals surface area contributed by atoms with Gasteiger partial charge in [0.05, 0.1) is 6.42 Å². The average Bonchev–Trinajstić information content (AvgIpc) is 2.91. The van der Waals surface area contributed by atoms with E-state index in [0.717, 1.165) is 17.0 Å². The highest BCUT2D eigenvalue weighted by Crippen LogP contribution is 2.09. The SMILES string of the molecule is Cc1cc(C)n2nc(CC(=O)NCc3ccc(F)c(C)c3)nc2n1. The second-order valence-electron chi connectivity index (χ2n) is 5.82. The Bertz CT molecular complexity index is 919. The number of amides is 1. The first-order valence-electron chi connectivity index (χ1n) is 7.64. The number of nitrogens with zero attached hydrogens (tertiary/aromatic N) is 4. The molecule has 0 bridgehead atoms. The molecule has 3 aromatic rings. The Morgan fingerprint density at radius 3 is 2.75 bits per heavy atom. The molecule has 0 aliphatic heterocycles. The van der Waals surface area contributed by atoms with E-state index in [4.69, 9.17) is 0 Å². The second kappa shape index (κ2) is 6.35. The van der Waals surface area contributed by atoms with Crippen LogP contribution in [0.2, 0.25) is 0 Å². The van der Waals surface area contributed by atoms with Gasteiger partial charge >= 0.3 is 0 Å². The Kier molecular flexibility index (Phi) is 4.24. The third kappa shape index (κ3) is 3.40. The Balaban J connectivity index is 1.66. The molecule has 1 amide bonds. The highest BCUT2D eigenvalue weighted by atomic mass is 19.1. The molecule has 2 heterocycles. The van der Waals surface area contributed by atoms with Crippen molar-refractivity contribution in [3.8, 4) is 0 Å². The zero-order chi connectivity index (χ0) is 17.3. The van der Waals surface area contributed by atoms with Crippen molar-refractivity contribution in [3.05, 3.63) is 58.4 Å². The van der Waals surface area contributed by atoms with Crippen LogP contribution in [0, 0.1) is 26.6 Å². The average molecular weight is 327 g/mol. The molecule has 0 aliphatic rings. The summed E-state index contributed by atoms with van der Waals surface area (Å²) in [6.45, 7) is 5.83. The smallest absolute Gasteiger partial charge is 0.252 e. The molecule has 1 aromatic carbocycles. The summed E-state index contributed by atoms with van der Waals surface area (Å²) < 4.78 is 14.9. The van der Waals surface area contributed by atoms with E-state index in [-0.39, 0.29) is 18.1 Å². The van der Waals surface area contributed by atoms with Crippen molar-refractivity contribution in [2.75, 3.05) is 0 Å². The first kappa shape index (κ1) is 16.0. The van der Waals surface area contributed by atoms with Gasteiger partial charge in [0.25, 0.3) is 5.78 Å². The predicted molar refractivity (Wildman–Crippen MR) is 86.9 cm³/mol. The van der Waals surface area contributed by atoms with Gasteiger partial charge in [0.15, 0.2) is 5.82 Å². The maximum atomic E-state index is 13.2. The van der Waals surface area contributed by atoms with Crippen LogP contribution < -0.4 is 5.32 Å². The quantitative estimate of drug-likeness (QED) is 0.796. The molecule has 0 aliphatic carbocycles. The van der Waals surface area contributed by atoms with E-state index in [0.29, 0.717) is 23.7 Å². The zero-order valence-electron chi connectivity index (χ0n) is 13.8. The Morgan fingerprint density at radius 2 is 2.00 bits per heavy atom. The van der Waals surface area contributed by atoms with Crippen molar-refractivity contribution in [1.29, 1.82) is 0 Å². The molecular formula is C17H18FN5O. The van der Waals surface area contributed by atoms with E-state index in [1.165, 1.54) is 6.07 Å². The molecule has 7 heteroatoms. The number of hydrogen-bond donors (Lipinski definition) is 1.